The summed E-state index contributed by atoms with van der Waals surface area (Å²) >= 11 is 0. The average molecular weight is 277 g/mol. The molecular weight excluding hydrogens is 244 g/mol. The fraction of sp³-hybridized carbons (Fsp3) is 0.789. The van der Waals surface area contributed by atoms with Crippen molar-refractivity contribution in [2.75, 3.05) is 0 Å². The van der Waals surface area contributed by atoms with Gasteiger partial charge in [-0.2, -0.15) is 0 Å². The summed E-state index contributed by atoms with van der Waals surface area (Å²) in [6, 6.07) is 0. The number of hydrogen-bond acceptors (Lipinski definition) is 1. The summed E-state index contributed by atoms with van der Waals surface area (Å²) in [5, 5.41) is 0. The van der Waals surface area contributed by atoms with Crippen LogP contribution in [0.15, 0.2) is 12.2 Å². The maximum absolute atomic E-state index is 10.4. The van der Waals surface area contributed by atoms with Crippen LogP contribution < -0.4 is 0 Å². The quantitative estimate of drug-likeness (QED) is 0.258. The zero-order valence-corrected chi connectivity index (χ0v) is 13.5. The van der Waals surface area contributed by atoms with E-state index in [4.69, 9.17) is 6.92 Å². The molecule has 3 radical (unpaired) electrons. The molecule has 0 N–H and O–H groups in total. The summed E-state index contributed by atoms with van der Waals surface area (Å²) in [5.74, 6) is -0.414. The van der Waals surface area contributed by atoms with E-state index in [1.54, 1.807) is 0 Å². The minimum atomic E-state index is -0.414. The van der Waals surface area contributed by atoms with E-state index < -0.39 is 5.78 Å². The van der Waals surface area contributed by atoms with Gasteiger partial charge in [0.05, 0.1) is 6.92 Å². The van der Waals surface area contributed by atoms with E-state index in [1.807, 2.05) is 0 Å². The average Bonchev–Trinajstić information content (AvgIpc) is 2.43. The molecule has 1 nitrogen and oxygen atoms in total. The van der Waals surface area contributed by atoms with Crippen LogP contribution in [-0.4, -0.2) is 5.78 Å². The molecule has 0 spiro atoms. The highest BCUT2D eigenvalue weighted by atomic mass is 16.1. The standard InChI is InChI=1S/C19H33O/c1-3-4-5-6-7-8-9-10-11-12-13-14-15-16-17-18-19(2)20/h10-11H,3-9,12-18H2,1H3/b11-10-. The summed E-state index contributed by atoms with van der Waals surface area (Å²) in [5.41, 5.74) is 0. The lowest BCUT2D eigenvalue weighted by Gasteiger charge is -1.99. The maximum atomic E-state index is 10.4. The van der Waals surface area contributed by atoms with Crippen molar-refractivity contribution in [3.8, 4) is 0 Å². The zero-order valence-electron chi connectivity index (χ0n) is 13.5. The van der Waals surface area contributed by atoms with Gasteiger partial charge in [0.15, 0.2) is 0 Å². The van der Waals surface area contributed by atoms with E-state index in [-0.39, 0.29) is 0 Å². The van der Waals surface area contributed by atoms with E-state index in [2.05, 4.69) is 19.1 Å². The Morgan fingerprint density at radius 1 is 0.750 bits per heavy atom. The molecule has 0 aromatic rings. The first-order valence-corrected chi connectivity index (χ1v) is 8.66. The number of unbranched alkanes of at least 4 members (excludes halogenated alkanes) is 11. The van der Waals surface area contributed by atoms with Crippen molar-refractivity contribution < 1.29 is 4.79 Å². The summed E-state index contributed by atoms with van der Waals surface area (Å²) in [4.78, 5) is 10.4. The van der Waals surface area contributed by atoms with Crippen molar-refractivity contribution >= 4 is 5.78 Å². The molecular formula is C19H33O. The van der Waals surface area contributed by atoms with Gasteiger partial charge in [-0.1, -0.05) is 70.4 Å². The number of carbonyl (C=O) groups excluding carboxylic acids is 1. The van der Waals surface area contributed by atoms with Crippen LogP contribution in [0.2, 0.25) is 0 Å². The monoisotopic (exact) mass is 277 g/mol. The Kier molecular flexibility index (Phi) is 16.0. The Bertz CT molecular complexity index is 230. The van der Waals surface area contributed by atoms with Gasteiger partial charge in [-0.25, -0.2) is 0 Å². The Morgan fingerprint density at radius 3 is 1.70 bits per heavy atom. The first kappa shape index (κ1) is 19.4. The predicted octanol–water partition coefficient (Wildman–Crippen LogP) is 6.18. The highest BCUT2D eigenvalue weighted by molar-refractivity contribution is 5.82. The van der Waals surface area contributed by atoms with E-state index >= 15 is 0 Å². The Balaban J connectivity index is 3.07. The second-order valence-electron chi connectivity index (χ2n) is 5.76. The van der Waals surface area contributed by atoms with Crippen LogP contribution in [0.4, 0.5) is 0 Å². The molecule has 1 heteroatoms. The summed E-state index contributed by atoms with van der Waals surface area (Å²) in [6.45, 7) is 9.07. The topological polar surface area (TPSA) is 17.1 Å². The molecule has 0 aromatic carbocycles. The van der Waals surface area contributed by atoms with Gasteiger partial charge < -0.3 is 0 Å². The van der Waals surface area contributed by atoms with E-state index in [9.17, 15) is 4.79 Å². The first-order valence-electron chi connectivity index (χ1n) is 8.66. The lowest BCUT2D eigenvalue weighted by Crippen LogP contribution is -1.89. The second-order valence-corrected chi connectivity index (χ2v) is 5.76. The molecule has 0 heterocycles. The van der Waals surface area contributed by atoms with Gasteiger partial charge in [0, 0.05) is 6.42 Å². The lowest BCUT2D eigenvalue weighted by molar-refractivity contribution is -0.114. The molecule has 20 heavy (non-hydrogen) atoms. The van der Waals surface area contributed by atoms with Crippen LogP contribution in [0.1, 0.15) is 96.8 Å². The molecule has 0 bridgehead atoms. The number of carbonyl (C=O) groups is 1. The summed E-state index contributed by atoms with van der Waals surface area (Å²) < 4.78 is 0. The third kappa shape index (κ3) is 17.4. The van der Waals surface area contributed by atoms with Crippen LogP contribution in [0.5, 0.6) is 0 Å². The number of Topliss-reactive ketones (excluding diaryl/α,β-unsaturated/α-hetero) is 1. The maximum Gasteiger partial charge on any atom is 0.142 e. The van der Waals surface area contributed by atoms with Gasteiger partial charge in [-0.05, 0) is 32.1 Å². The van der Waals surface area contributed by atoms with Crippen molar-refractivity contribution in [3.05, 3.63) is 19.1 Å². The molecule has 115 valence electrons. The SMILES string of the molecule is [C]C(=O)CCCCCCC/C=C\CCCCCCCC. The first-order chi connectivity index (χ1) is 9.77. The molecule has 0 amide bonds. The number of hydrogen-bond donors (Lipinski definition) is 0. The molecule has 0 atom stereocenters. The fourth-order valence-corrected chi connectivity index (χ4v) is 2.36. The van der Waals surface area contributed by atoms with Crippen LogP contribution >= 0.6 is 0 Å². The van der Waals surface area contributed by atoms with E-state index in [1.165, 1.54) is 70.6 Å². The van der Waals surface area contributed by atoms with E-state index in [0.29, 0.717) is 6.42 Å². The van der Waals surface area contributed by atoms with Crippen molar-refractivity contribution in [1.29, 1.82) is 0 Å². The molecule has 0 fully saturated rings. The Hall–Kier alpha value is -0.590. The van der Waals surface area contributed by atoms with Crippen LogP contribution in [-0.2, 0) is 4.79 Å². The van der Waals surface area contributed by atoms with Crippen LogP contribution in [0, 0.1) is 6.92 Å². The van der Waals surface area contributed by atoms with Crippen LogP contribution in [0.25, 0.3) is 0 Å². The highest BCUT2D eigenvalue weighted by Crippen LogP contribution is 2.09. The molecule has 0 rings (SSSR count). The molecule has 0 saturated carbocycles. The third-order valence-electron chi connectivity index (χ3n) is 3.67. The Labute approximate surface area is 127 Å². The Morgan fingerprint density at radius 2 is 1.20 bits per heavy atom. The molecule has 0 aliphatic rings. The molecule has 0 saturated heterocycles. The normalized spacial score (nSPS) is 11.3. The molecule has 0 aliphatic carbocycles. The van der Waals surface area contributed by atoms with Crippen LogP contribution in [0.3, 0.4) is 0 Å². The number of rotatable bonds is 15. The van der Waals surface area contributed by atoms with Crippen molar-refractivity contribution in [2.45, 2.75) is 96.8 Å². The number of allylic oxidation sites excluding steroid dienone is 2. The van der Waals surface area contributed by atoms with Gasteiger partial charge in [0.2, 0.25) is 0 Å². The number of ketones is 1. The van der Waals surface area contributed by atoms with E-state index in [0.717, 1.165) is 12.8 Å². The van der Waals surface area contributed by atoms with Gasteiger partial charge >= 0.3 is 0 Å². The van der Waals surface area contributed by atoms with Crippen molar-refractivity contribution in [3.63, 3.8) is 0 Å². The van der Waals surface area contributed by atoms with Gasteiger partial charge in [0.25, 0.3) is 0 Å². The fourth-order valence-electron chi connectivity index (χ4n) is 2.36. The van der Waals surface area contributed by atoms with Gasteiger partial charge in [0.1, 0.15) is 5.78 Å². The van der Waals surface area contributed by atoms with Gasteiger partial charge in [-0.15, -0.1) is 0 Å². The molecule has 0 aliphatic heterocycles. The van der Waals surface area contributed by atoms with Gasteiger partial charge in [-0.3, -0.25) is 4.79 Å². The summed E-state index contributed by atoms with van der Waals surface area (Å²) in [6.07, 6.45) is 21.6. The van der Waals surface area contributed by atoms with Crippen molar-refractivity contribution in [1.82, 2.24) is 0 Å². The predicted molar refractivity (Wildman–Crippen MR) is 87.7 cm³/mol. The molecule has 0 unspecified atom stereocenters. The minimum Gasteiger partial charge on any atom is -0.299 e. The zero-order chi connectivity index (χ0) is 14.9. The minimum absolute atomic E-state index is 0.414. The lowest BCUT2D eigenvalue weighted by atomic mass is 10.1. The largest absolute Gasteiger partial charge is 0.299 e. The summed E-state index contributed by atoms with van der Waals surface area (Å²) in [7, 11) is 0. The molecule has 0 aromatic heterocycles. The third-order valence-corrected chi connectivity index (χ3v) is 3.67. The second kappa shape index (κ2) is 16.5. The highest BCUT2D eigenvalue weighted by Gasteiger charge is 1.94. The van der Waals surface area contributed by atoms with Crippen molar-refractivity contribution in [2.24, 2.45) is 0 Å². The smallest absolute Gasteiger partial charge is 0.142 e.